The van der Waals surface area contributed by atoms with Crippen LogP contribution in [0.3, 0.4) is 0 Å². The molecule has 3 aromatic carbocycles. The van der Waals surface area contributed by atoms with Gasteiger partial charge in [0.25, 0.3) is 0 Å². The van der Waals surface area contributed by atoms with E-state index in [1.54, 1.807) is 0 Å². The Kier molecular flexibility index (Phi) is 4.29. The Labute approximate surface area is 136 Å². The topological polar surface area (TPSA) is 41.1 Å². The molecule has 3 rings (SSSR count). The van der Waals surface area contributed by atoms with Crippen molar-refractivity contribution < 1.29 is 4.79 Å². The van der Waals surface area contributed by atoms with Crippen molar-refractivity contribution in [1.82, 2.24) is 0 Å². The number of rotatable bonds is 4. The molecule has 0 unspecified atom stereocenters. The van der Waals surface area contributed by atoms with Crippen molar-refractivity contribution in [3.8, 4) is 0 Å². The van der Waals surface area contributed by atoms with E-state index in [1.165, 1.54) is 5.56 Å². The number of hydrogen-bond acceptors (Lipinski definition) is 2. The first kappa shape index (κ1) is 15.1. The first-order valence-electron chi connectivity index (χ1n) is 7.72. The van der Waals surface area contributed by atoms with Crippen LogP contribution in [0.25, 0.3) is 10.8 Å². The number of benzene rings is 3. The molecule has 3 nitrogen and oxygen atoms in total. The molecule has 0 aliphatic rings. The molecule has 0 bridgehead atoms. The molecule has 3 heteroatoms. The van der Waals surface area contributed by atoms with Gasteiger partial charge >= 0.3 is 0 Å². The van der Waals surface area contributed by atoms with Crippen LogP contribution in [0, 0.1) is 13.8 Å². The van der Waals surface area contributed by atoms with Crippen molar-refractivity contribution >= 4 is 28.1 Å². The van der Waals surface area contributed by atoms with E-state index in [2.05, 4.69) is 28.8 Å². The summed E-state index contributed by atoms with van der Waals surface area (Å²) in [6, 6.07) is 20.1. The second kappa shape index (κ2) is 6.53. The molecule has 0 saturated heterocycles. The minimum Gasteiger partial charge on any atom is -0.376 e. The third kappa shape index (κ3) is 3.51. The average Bonchev–Trinajstić information content (AvgIpc) is 2.56. The van der Waals surface area contributed by atoms with Crippen molar-refractivity contribution in [2.75, 3.05) is 17.2 Å². The van der Waals surface area contributed by atoms with Gasteiger partial charge in [0.05, 0.1) is 6.54 Å². The van der Waals surface area contributed by atoms with Gasteiger partial charge in [0.2, 0.25) is 5.91 Å². The monoisotopic (exact) mass is 304 g/mol. The van der Waals surface area contributed by atoms with Gasteiger partial charge in [-0.2, -0.15) is 0 Å². The molecule has 1 amide bonds. The van der Waals surface area contributed by atoms with Gasteiger partial charge in [-0.25, -0.2) is 0 Å². The smallest absolute Gasteiger partial charge is 0.243 e. The first-order valence-corrected chi connectivity index (χ1v) is 7.72. The number of anilines is 2. The van der Waals surface area contributed by atoms with Gasteiger partial charge in [-0.15, -0.1) is 0 Å². The van der Waals surface area contributed by atoms with Crippen molar-refractivity contribution in [2.24, 2.45) is 0 Å². The Bertz CT molecular complexity index is 850. The molecule has 0 aromatic heterocycles. The lowest BCUT2D eigenvalue weighted by Crippen LogP contribution is -2.22. The maximum atomic E-state index is 12.3. The van der Waals surface area contributed by atoms with E-state index < -0.39 is 0 Å². The van der Waals surface area contributed by atoms with E-state index in [-0.39, 0.29) is 12.5 Å². The van der Waals surface area contributed by atoms with Gasteiger partial charge < -0.3 is 10.6 Å². The Hall–Kier alpha value is -2.81. The second-order valence-electron chi connectivity index (χ2n) is 5.75. The zero-order valence-electron chi connectivity index (χ0n) is 13.4. The van der Waals surface area contributed by atoms with Crippen LogP contribution in [0.4, 0.5) is 11.4 Å². The lowest BCUT2D eigenvalue weighted by atomic mass is 10.1. The van der Waals surface area contributed by atoms with E-state index in [4.69, 9.17) is 0 Å². The summed E-state index contributed by atoms with van der Waals surface area (Å²) in [6.07, 6.45) is 0. The minimum atomic E-state index is -0.0535. The van der Waals surface area contributed by atoms with Crippen molar-refractivity contribution in [3.63, 3.8) is 0 Å². The highest BCUT2D eigenvalue weighted by Gasteiger charge is 2.06. The maximum absolute atomic E-state index is 12.3. The molecular weight excluding hydrogens is 284 g/mol. The van der Waals surface area contributed by atoms with Gasteiger partial charge in [0, 0.05) is 16.8 Å². The summed E-state index contributed by atoms with van der Waals surface area (Å²) in [7, 11) is 0. The van der Waals surface area contributed by atoms with Crippen LogP contribution in [0.2, 0.25) is 0 Å². The standard InChI is InChI=1S/C20H20N2O/c1-14-10-11-15(2)19(12-14)21-13-20(23)22-18-9-5-7-16-6-3-4-8-17(16)18/h3-12,21H,13H2,1-2H3,(H,22,23). The highest BCUT2D eigenvalue weighted by Crippen LogP contribution is 2.23. The molecule has 23 heavy (non-hydrogen) atoms. The molecule has 3 aromatic rings. The van der Waals surface area contributed by atoms with Crippen LogP contribution in [-0.2, 0) is 4.79 Å². The van der Waals surface area contributed by atoms with Crippen molar-refractivity contribution in [2.45, 2.75) is 13.8 Å². The first-order chi connectivity index (χ1) is 11.1. The Balaban J connectivity index is 1.70. The summed E-state index contributed by atoms with van der Waals surface area (Å²) >= 11 is 0. The molecule has 0 atom stereocenters. The van der Waals surface area contributed by atoms with Crippen LogP contribution < -0.4 is 10.6 Å². The van der Waals surface area contributed by atoms with Crippen molar-refractivity contribution in [3.05, 3.63) is 71.8 Å². The molecule has 0 spiro atoms. The maximum Gasteiger partial charge on any atom is 0.243 e. The molecule has 0 aliphatic carbocycles. The Morgan fingerprint density at radius 3 is 2.57 bits per heavy atom. The van der Waals surface area contributed by atoms with E-state index in [0.29, 0.717) is 0 Å². The highest BCUT2D eigenvalue weighted by atomic mass is 16.1. The van der Waals surface area contributed by atoms with Gasteiger partial charge in [-0.1, -0.05) is 48.5 Å². The van der Waals surface area contributed by atoms with Crippen LogP contribution >= 0.6 is 0 Å². The lowest BCUT2D eigenvalue weighted by molar-refractivity contribution is -0.114. The third-order valence-corrected chi connectivity index (χ3v) is 3.90. The SMILES string of the molecule is Cc1ccc(C)c(NCC(=O)Nc2cccc3ccccc23)c1. The minimum absolute atomic E-state index is 0.0535. The van der Waals surface area contributed by atoms with Crippen LogP contribution in [0.5, 0.6) is 0 Å². The normalized spacial score (nSPS) is 10.5. The van der Waals surface area contributed by atoms with E-state index >= 15 is 0 Å². The number of hydrogen-bond donors (Lipinski definition) is 2. The predicted octanol–water partition coefficient (Wildman–Crippen LogP) is 4.51. The summed E-state index contributed by atoms with van der Waals surface area (Å²) in [5, 5.41) is 8.37. The fraction of sp³-hybridized carbons (Fsp3) is 0.150. The molecule has 0 saturated carbocycles. The summed E-state index contributed by atoms with van der Waals surface area (Å²) < 4.78 is 0. The van der Waals surface area contributed by atoms with Crippen LogP contribution in [0.15, 0.2) is 60.7 Å². The fourth-order valence-corrected chi connectivity index (χ4v) is 2.63. The number of nitrogens with one attached hydrogen (secondary N) is 2. The quantitative estimate of drug-likeness (QED) is 0.744. The number of fused-ring (bicyclic) bond motifs is 1. The fourth-order valence-electron chi connectivity index (χ4n) is 2.63. The summed E-state index contributed by atoms with van der Waals surface area (Å²) in [4.78, 5) is 12.3. The number of carbonyl (C=O) groups is 1. The van der Waals surface area contributed by atoms with Gasteiger partial charge in [0.1, 0.15) is 0 Å². The molecule has 116 valence electrons. The third-order valence-electron chi connectivity index (χ3n) is 3.90. The molecule has 0 fully saturated rings. The second-order valence-corrected chi connectivity index (χ2v) is 5.75. The lowest BCUT2D eigenvalue weighted by Gasteiger charge is -2.12. The van der Waals surface area contributed by atoms with Gasteiger partial charge in [-0.05, 0) is 42.5 Å². The number of carbonyl (C=O) groups excluding carboxylic acids is 1. The van der Waals surface area contributed by atoms with Crippen LogP contribution in [0.1, 0.15) is 11.1 Å². The molecular formula is C20H20N2O. The number of aryl methyl sites for hydroxylation is 2. The van der Waals surface area contributed by atoms with E-state index in [9.17, 15) is 4.79 Å². The molecule has 0 radical (unpaired) electrons. The largest absolute Gasteiger partial charge is 0.376 e. The summed E-state index contributed by atoms with van der Waals surface area (Å²) in [5.41, 5.74) is 4.15. The van der Waals surface area contributed by atoms with Crippen LogP contribution in [-0.4, -0.2) is 12.5 Å². The molecule has 2 N–H and O–H groups in total. The Morgan fingerprint density at radius 2 is 1.70 bits per heavy atom. The molecule has 0 heterocycles. The van der Waals surface area contributed by atoms with E-state index in [1.807, 2.05) is 56.3 Å². The van der Waals surface area contributed by atoms with Gasteiger partial charge in [-0.3, -0.25) is 4.79 Å². The van der Waals surface area contributed by atoms with Gasteiger partial charge in [0.15, 0.2) is 0 Å². The summed E-state index contributed by atoms with van der Waals surface area (Å²) in [5.74, 6) is -0.0535. The summed E-state index contributed by atoms with van der Waals surface area (Å²) in [6.45, 7) is 4.32. The Morgan fingerprint density at radius 1 is 0.913 bits per heavy atom. The zero-order chi connectivity index (χ0) is 16.2. The highest BCUT2D eigenvalue weighted by molar-refractivity contribution is 6.03. The zero-order valence-corrected chi connectivity index (χ0v) is 13.4. The molecule has 0 aliphatic heterocycles. The van der Waals surface area contributed by atoms with Crippen molar-refractivity contribution in [1.29, 1.82) is 0 Å². The average molecular weight is 304 g/mol. The predicted molar refractivity (Wildman–Crippen MR) is 97.0 cm³/mol. The number of amides is 1. The van der Waals surface area contributed by atoms with E-state index in [0.717, 1.165) is 27.7 Å².